The molecule has 0 radical (unpaired) electrons. The molecule has 0 aromatic carbocycles. The number of rotatable bonds is 17. The summed E-state index contributed by atoms with van der Waals surface area (Å²) in [5.74, 6) is 0. The Morgan fingerprint density at radius 2 is 1.14 bits per heavy atom. The van der Waals surface area contributed by atoms with Crippen LogP contribution in [0.2, 0.25) is 0 Å². The highest BCUT2D eigenvalue weighted by Gasteiger charge is 1.92. The van der Waals surface area contributed by atoms with E-state index in [0.717, 1.165) is 19.4 Å². The summed E-state index contributed by atoms with van der Waals surface area (Å²) in [6, 6.07) is 0. The van der Waals surface area contributed by atoms with Gasteiger partial charge < -0.3 is 24.1 Å². The molecule has 126 valence electrons. The third-order valence-corrected chi connectivity index (χ3v) is 2.63. The maximum Gasteiger partial charge on any atom is 0.0701 e. The van der Waals surface area contributed by atoms with Gasteiger partial charge in [0.05, 0.1) is 52.9 Å². The van der Waals surface area contributed by atoms with Gasteiger partial charge in [-0.1, -0.05) is 25.5 Å². The van der Waals surface area contributed by atoms with E-state index in [1.165, 1.54) is 12.8 Å². The van der Waals surface area contributed by atoms with Gasteiger partial charge in [0, 0.05) is 6.61 Å². The molecule has 1 N–H and O–H groups in total. The summed E-state index contributed by atoms with van der Waals surface area (Å²) in [6.45, 7) is 6.82. The van der Waals surface area contributed by atoms with E-state index in [1.54, 1.807) is 0 Å². The Morgan fingerprint density at radius 1 is 0.667 bits per heavy atom. The summed E-state index contributed by atoms with van der Waals surface area (Å²) in [5, 5.41) is 8.49. The molecule has 0 rings (SSSR count). The lowest BCUT2D eigenvalue weighted by Gasteiger charge is -2.06. The smallest absolute Gasteiger partial charge is 0.0701 e. The highest BCUT2D eigenvalue weighted by atomic mass is 16.6. The van der Waals surface area contributed by atoms with E-state index in [0.29, 0.717) is 46.2 Å². The van der Waals surface area contributed by atoms with E-state index in [2.05, 4.69) is 19.1 Å². The van der Waals surface area contributed by atoms with Gasteiger partial charge in [0.2, 0.25) is 0 Å². The van der Waals surface area contributed by atoms with Gasteiger partial charge in [0.1, 0.15) is 0 Å². The summed E-state index contributed by atoms with van der Waals surface area (Å²) < 4.78 is 21.2. The van der Waals surface area contributed by atoms with Crippen LogP contribution < -0.4 is 0 Å². The molecule has 0 aliphatic heterocycles. The predicted octanol–water partition coefficient (Wildman–Crippen LogP) is 2.18. The van der Waals surface area contributed by atoms with Gasteiger partial charge in [-0.25, -0.2) is 0 Å². The van der Waals surface area contributed by atoms with Gasteiger partial charge in [0.25, 0.3) is 0 Å². The second kappa shape index (κ2) is 19.5. The quantitative estimate of drug-likeness (QED) is 0.330. The number of hydrogen-bond acceptors (Lipinski definition) is 5. The molecule has 0 aliphatic rings. The summed E-state index contributed by atoms with van der Waals surface area (Å²) >= 11 is 0. The fourth-order valence-corrected chi connectivity index (χ4v) is 1.53. The Balaban J connectivity index is 2.96. The number of aliphatic hydroxyl groups is 1. The Bertz CT molecular complexity index is 209. The maximum atomic E-state index is 8.49. The molecule has 0 bridgehead atoms. The lowest BCUT2D eigenvalue weighted by Crippen LogP contribution is -2.12. The minimum Gasteiger partial charge on any atom is -0.394 e. The minimum absolute atomic E-state index is 0.0537. The van der Waals surface area contributed by atoms with Crippen molar-refractivity contribution < 1.29 is 24.1 Å². The van der Waals surface area contributed by atoms with Crippen molar-refractivity contribution in [3.8, 4) is 0 Å². The maximum absolute atomic E-state index is 8.49. The van der Waals surface area contributed by atoms with Crippen molar-refractivity contribution in [3.63, 3.8) is 0 Å². The molecule has 0 unspecified atom stereocenters. The van der Waals surface area contributed by atoms with Crippen molar-refractivity contribution >= 4 is 0 Å². The van der Waals surface area contributed by atoms with Gasteiger partial charge in [-0.15, -0.1) is 0 Å². The Labute approximate surface area is 129 Å². The van der Waals surface area contributed by atoms with Crippen LogP contribution in [0.5, 0.6) is 0 Å². The lowest BCUT2D eigenvalue weighted by atomic mass is 10.2. The van der Waals surface area contributed by atoms with Crippen LogP contribution in [-0.2, 0) is 18.9 Å². The molecule has 0 aromatic rings. The standard InChI is InChI=1S/C16H32O5/c1-2-3-4-5-6-7-9-18-11-13-20-15-16-21-14-12-19-10-8-17/h4-5,17H,2-3,6-16H2,1H3/b5-4+. The van der Waals surface area contributed by atoms with E-state index < -0.39 is 0 Å². The number of ether oxygens (including phenoxy) is 4. The first-order valence-electron chi connectivity index (χ1n) is 7.98. The second-order valence-corrected chi connectivity index (χ2v) is 4.58. The fourth-order valence-electron chi connectivity index (χ4n) is 1.53. The van der Waals surface area contributed by atoms with Gasteiger partial charge in [-0.05, 0) is 19.3 Å². The third-order valence-electron chi connectivity index (χ3n) is 2.63. The average molecular weight is 304 g/mol. The molecule has 0 aromatic heterocycles. The minimum atomic E-state index is 0.0537. The van der Waals surface area contributed by atoms with Crippen molar-refractivity contribution in [3.05, 3.63) is 12.2 Å². The molecule has 0 saturated carbocycles. The van der Waals surface area contributed by atoms with Crippen LogP contribution in [0.1, 0.15) is 32.6 Å². The summed E-state index contributed by atoms with van der Waals surface area (Å²) in [7, 11) is 0. The van der Waals surface area contributed by atoms with Crippen molar-refractivity contribution in [1.29, 1.82) is 0 Å². The molecule has 0 amide bonds. The SMILES string of the molecule is CCC/C=C/CCCOCCOCCOCCOCCO. The van der Waals surface area contributed by atoms with Gasteiger partial charge in [-0.3, -0.25) is 0 Å². The molecule has 0 spiro atoms. The van der Waals surface area contributed by atoms with Crippen LogP contribution in [0, 0.1) is 0 Å². The lowest BCUT2D eigenvalue weighted by molar-refractivity contribution is -0.00560. The first-order chi connectivity index (χ1) is 10.4. The molecule has 0 aliphatic carbocycles. The molecule has 0 fully saturated rings. The van der Waals surface area contributed by atoms with Crippen LogP contribution in [0.15, 0.2) is 12.2 Å². The van der Waals surface area contributed by atoms with Crippen molar-refractivity contribution in [2.75, 3.05) is 59.5 Å². The summed E-state index contributed by atoms with van der Waals surface area (Å²) in [6.07, 6.45) is 9.00. The van der Waals surface area contributed by atoms with Crippen LogP contribution >= 0.6 is 0 Å². The van der Waals surface area contributed by atoms with E-state index >= 15 is 0 Å². The zero-order valence-electron chi connectivity index (χ0n) is 13.4. The zero-order chi connectivity index (χ0) is 15.4. The number of hydrogen-bond donors (Lipinski definition) is 1. The van der Waals surface area contributed by atoms with Crippen LogP contribution in [0.4, 0.5) is 0 Å². The molecule has 0 heterocycles. The van der Waals surface area contributed by atoms with E-state index in [4.69, 9.17) is 24.1 Å². The van der Waals surface area contributed by atoms with Crippen molar-refractivity contribution in [1.82, 2.24) is 0 Å². The first-order valence-corrected chi connectivity index (χ1v) is 7.98. The van der Waals surface area contributed by atoms with Crippen LogP contribution in [0.3, 0.4) is 0 Å². The topological polar surface area (TPSA) is 57.2 Å². The predicted molar refractivity (Wildman–Crippen MR) is 83.6 cm³/mol. The fraction of sp³-hybridized carbons (Fsp3) is 0.875. The largest absolute Gasteiger partial charge is 0.394 e. The van der Waals surface area contributed by atoms with Gasteiger partial charge in [0.15, 0.2) is 0 Å². The van der Waals surface area contributed by atoms with E-state index in [-0.39, 0.29) is 6.61 Å². The second-order valence-electron chi connectivity index (χ2n) is 4.58. The van der Waals surface area contributed by atoms with E-state index in [1.807, 2.05) is 0 Å². The number of unbranched alkanes of at least 4 members (excludes halogenated alkanes) is 2. The number of aliphatic hydroxyl groups excluding tert-OH is 1. The average Bonchev–Trinajstić information content (AvgIpc) is 2.50. The van der Waals surface area contributed by atoms with Gasteiger partial charge in [-0.2, -0.15) is 0 Å². The molecular formula is C16H32O5. The molecule has 0 saturated heterocycles. The Kier molecular flexibility index (Phi) is 19.1. The van der Waals surface area contributed by atoms with Crippen molar-refractivity contribution in [2.24, 2.45) is 0 Å². The highest BCUT2D eigenvalue weighted by molar-refractivity contribution is 4.80. The third kappa shape index (κ3) is 19.5. The summed E-state index contributed by atoms with van der Waals surface area (Å²) in [4.78, 5) is 0. The Morgan fingerprint density at radius 3 is 1.67 bits per heavy atom. The normalized spacial score (nSPS) is 11.5. The molecule has 5 heteroatoms. The zero-order valence-corrected chi connectivity index (χ0v) is 13.4. The van der Waals surface area contributed by atoms with Crippen molar-refractivity contribution in [2.45, 2.75) is 32.6 Å². The highest BCUT2D eigenvalue weighted by Crippen LogP contribution is 1.95. The van der Waals surface area contributed by atoms with Crippen LogP contribution in [-0.4, -0.2) is 64.6 Å². The number of allylic oxidation sites excluding steroid dienone is 2. The summed E-state index contributed by atoms with van der Waals surface area (Å²) in [5.41, 5.74) is 0. The molecular weight excluding hydrogens is 272 g/mol. The van der Waals surface area contributed by atoms with Gasteiger partial charge >= 0.3 is 0 Å². The molecule has 21 heavy (non-hydrogen) atoms. The molecule has 0 atom stereocenters. The van der Waals surface area contributed by atoms with E-state index in [9.17, 15) is 0 Å². The monoisotopic (exact) mass is 304 g/mol. The Hall–Kier alpha value is -0.460. The first kappa shape index (κ1) is 20.5. The molecule has 5 nitrogen and oxygen atoms in total. The van der Waals surface area contributed by atoms with Crippen LogP contribution in [0.25, 0.3) is 0 Å².